The van der Waals surface area contributed by atoms with Gasteiger partial charge in [-0.1, -0.05) is 157 Å². The number of rotatable bonds is 5. The van der Waals surface area contributed by atoms with Crippen LogP contribution in [-0.2, 0) is 10.8 Å². The number of hydrogen-bond acceptors (Lipinski definition) is 3. The number of anilines is 6. The third-order valence-electron chi connectivity index (χ3n) is 13.7. The minimum Gasteiger partial charge on any atom is -0.458 e. The maximum Gasteiger partial charge on any atom is 0.257 e. The van der Waals surface area contributed by atoms with Crippen molar-refractivity contribution < 1.29 is 4.74 Å². The first kappa shape index (κ1) is 39.1. The predicted molar refractivity (Wildman–Crippen MR) is 276 cm³/mol. The van der Waals surface area contributed by atoms with E-state index in [1.807, 2.05) is 0 Å². The van der Waals surface area contributed by atoms with Crippen molar-refractivity contribution in [2.45, 2.75) is 52.4 Å². The maximum atomic E-state index is 7.22. The third-order valence-corrected chi connectivity index (χ3v) is 13.7. The van der Waals surface area contributed by atoms with Gasteiger partial charge in [0.15, 0.2) is 0 Å². The highest BCUT2D eigenvalue weighted by Crippen LogP contribution is 2.49. The van der Waals surface area contributed by atoms with Gasteiger partial charge in [0, 0.05) is 56.3 Å². The summed E-state index contributed by atoms with van der Waals surface area (Å²) in [5.74, 6) is 1.78. The zero-order valence-corrected chi connectivity index (χ0v) is 37.8. The molecule has 0 fully saturated rings. The van der Waals surface area contributed by atoms with Gasteiger partial charge in [-0.25, -0.2) is 0 Å². The highest BCUT2D eigenvalue weighted by molar-refractivity contribution is 7.00. The second-order valence-electron chi connectivity index (χ2n) is 19.8. The molecule has 3 heterocycles. The van der Waals surface area contributed by atoms with Gasteiger partial charge in [-0.3, -0.25) is 0 Å². The van der Waals surface area contributed by atoms with Crippen LogP contribution in [-0.4, -0.2) is 11.3 Å². The Bertz CT molecular complexity index is 3420. The number of fused-ring (bicyclic) bond motifs is 9. The van der Waals surface area contributed by atoms with Crippen LogP contribution in [0.5, 0.6) is 11.5 Å². The lowest BCUT2D eigenvalue weighted by molar-refractivity contribution is 0.488. The minimum atomic E-state index is -0.117. The topological polar surface area (TPSA) is 20.6 Å². The Morgan fingerprint density at radius 2 is 1.02 bits per heavy atom. The van der Waals surface area contributed by atoms with Crippen molar-refractivity contribution in [3.63, 3.8) is 0 Å². The van der Waals surface area contributed by atoms with Crippen LogP contribution < -0.4 is 30.9 Å². The average molecular weight is 840 g/mol. The van der Waals surface area contributed by atoms with E-state index in [2.05, 4.69) is 250 Å². The summed E-state index contributed by atoms with van der Waals surface area (Å²) in [6, 6.07) is 71.3. The van der Waals surface area contributed by atoms with E-state index < -0.39 is 0 Å². The Morgan fingerprint density at radius 3 is 1.66 bits per heavy atom. The Hall–Kier alpha value is -7.50. The molecule has 0 saturated heterocycles. The number of ether oxygens (including phenoxy) is 1. The van der Waals surface area contributed by atoms with Crippen molar-refractivity contribution >= 4 is 89.8 Å². The fraction of sp³-hybridized carbons (Fsp3) is 0.133. The summed E-state index contributed by atoms with van der Waals surface area (Å²) in [6.07, 6.45) is 0. The first-order valence-corrected chi connectivity index (χ1v) is 22.9. The van der Waals surface area contributed by atoms with Gasteiger partial charge >= 0.3 is 0 Å². The molecule has 0 atom stereocenters. The third kappa shape index (κ3) is 6.20. The van der Waals surface area contributed by atoms with Crippen LogP contribution >= 0.6 is 0 Å². The molecule has 0 amide bonds. The van der Waals surface area contributed by atoms with E-state index in [4.69, 9.17) is 4.74 Å². The standard InChI is InChI=1S/C60H50BN3O/c1-59(2,3)39-33-40(60(4,5)6)35-44(34-39)64-51-31-20-32-55-58(51)61(49-36-48-46-28-18-19-30-50(46)63(43-25-14-9-15-26-43)53(48)38-56(49)65-55)57-47-29-17-16-27-45(47)52(37-54(57)64)62(41-21-10-7-11-22-41)42-23-12-8-13-24-42/h7-38H,1-6H3. The fourth-order valence-corrected chi connectivity index (χ4v) is 10.5. The fourth-order valence-electron chi connectivity index (χ4n) is 10.5. The van der Waals surface area contributed by atoms with Crippen molar-refractivity contribution in [2.75, 3.05) is 9.80 Å². The highest BCUT2D eigenvalue weighted by atomic mass is 16.5. The van der Waals surface area contributed by atoms with Gasteiger partial charge in [-0.15, -0.1) is 0 Å². The first-order valence-electron chi connectivity index (χ1n) is 22.9. The van der Waals surface area contributed by atoms with Crippen molar-refractivity contribution in [3.8, 4) is 17.2 Å². The molecular weight excluding hydrogens is 789 g/mol. The number of para-hydroxylation sites is 4. The summed E-state index contributed by atoms with van der Waals surface area (Å²) in [4.78, 5) is 4.98. The lowest BCUT2D eigenvalue weighted by Gasteiger charge is -2.42. The maximum absolute atomic E-state index is 7.22. The normalized spacial score (nSPS) is 13.1. The van der Waals surface area contributed by atoms with Crippen molar-refractivity contribution in [1.82, 2.24) is 4.57 Å². The van der Waals surface area contributed by atoms with Gasteiger partial charge in [0.1, 0.15) is 11.5 Å². The molecule has 0 spiro atoms. The predicted octanol–water partition coefficient (Wildman–Crippen LogP) is 14.4. The molecule has 2 aliphatic heterocycles. The van der Waals surface area contributed by atoms with E-state index in [-0.39, 0.29) is 17.5 Å². The van der Waals surface area contributed by atoms with Crippen LogP contribution in [0.15, 0.2) is 194 Å². The average Bonchev–Trinajstić information content (AvgIpc) is 3.64. The van der Waals surface area contributed by atoms with E-state index in [1.54, 1.807) is 0 Å². The molecule has 314 valence electrons. The molecule has 2 aliphatic rings. The molecule has 0 aliphatic carbocycles. The molecule has 0 unspecified atom stereocenters. The smallest absolute Gasteiger partial charge is 0.257 e. The molecule has 0 N–H and O–H groups in total. The monoisotopic (exact) mass is 839 g/mol. The summed E-state index contributed by atoms with van der Waals surface area (Å²) in [5.41, 5.74) is 16.3. The van der Waals surface area contributed by atoms with Gasteiger partial charge in [-0.2, -0.15) is 0 Å². The molecule has 1 aromatic heterocycles. The molecule has 65 heavy (non-hydrogen) atoms. The molecule has 5 heteroatoms. The SMILES string of the molecule is CC(C)(C)c1cc(N2c3cccc4c3B(c3cc5c6ccccc6n(-c6ccccc6)c5cc3O4)c3c2cc(N(c2ccccc2)c2ccccc2)c2ccccc32)cc(C(C)(C)C)c1. The van der Waals surface area contributed by atoms with E-state index in [0.29, 0.717) is 0 Å². The van der Waals surface area contributed by atoms with Crippen LogP contribution in [0.25, 0.3) is 38.3 Å². The van der Waals surface area contributed by atoms with Gasteiger partial charge in [0.25, 0.3) is 6.71 Å². The van der Waals surface area contributed by atoms with Crippen LogP contribution in [0.2, 0.25) is 0 Å². The Morgan fingerprint density at radius 1 is 0.431 bits per heavy atom. The van der Waals surface area contributed by atoms with Crippen LogP contribution in [0.4, 0.5) is 34.1 Å². The molecule has 12 rings (SSSR count). The van der Waals surface area contributed by atoms with E-state index in [1.165, 1.54) is 54.6 Å². The van der Waals surface area contributed by atoms with Gasteiger partial charge in [0.05, 0.1) is 16.7 Å². The minimum absolute atomic E-state index is 0.0778. The number of aromatic nitrogens is 1. The summed E-state index contributed by atoms with van der Waals surface area (Å²) < 4.78 is 9.60. The second kappa shape index (κ2) is 14.5. The van der Waals surface area contributed by atoms with Gasteiger partial charge in [-0.05, 0) is 117 Å². The molecule has 10 aromatic rings. The lowest BCUT2D eigenvalue weighted by Crippen LogP contribution is -2.59. The number of benzene rings is 9. The summed E-state index contributed by atoms with van der Waals surface area (Å²) in [7, 11) is 0. The lowest BCUT2D eigenvalue weighted by atomic mass is 9.33. The van der Waals surface area contributed by atoms with Crippen molar-refractivity contribution in [2.24, 2.45) is 0 Å². The Labute approximate surface area is 382 Å². The van der Waals surface area contributed by atoms with Crippen LogP contribution in [0.1, 0.15) is 52.7 Å². The number of nitrogens with zero attached hydrogens (tertiary/aromatic N) is 3. The van der Waals surface area contributed by atoms with Gasteiger partial charge in [0.2, 0.25) is 0 Å². The summed E-state index contributed by atoms with van der Waals surface area (Å²) in [6.45, 7) is 13.8. The highest BCUT2D eigenvalue weighted by Gasteiger charge is 2.44. The molecule has 9 aromatic carbocycles. The van der Waals surface area contributed by atoms with Gasteiger partial charge < -0.3 is 19.1 Å². The van der Waals surface area contributed by atoms with Crippen molar-refractivity contribution in [1.29, 1.82) is 0 Å². The summed E-state index contributed by atoms with van der Waals surface area (Å²) in [5, 5.41) is 4.84. The Kier molecular flexibility index (Phi) is 8.74. The largest absolute Gasteiger partial charge is 0.458 e. The van der Waals surface area contributed by atoms with E-state index >= 15 is 0 Å². The Balaban J connectivity index is 1.21. The molecule has 0 saturated carbocycles. The molecule has 0 bridgehead atoms. The van der Waals surface area contributed by atoms with Crippen LogP contribution in [0, 0.1) is 0 Å². The quantitative estimate of drug-likeness (QED) is 0.161. The van der Waals surface area contributed by atoms with E-state index in [0.717, 1.165) is 56.8 Å². The second-order valence-corrected chi connectivity index (χ2v) is 19.8. The van der Waals surface area contributed by atoms with Crippen LogP contribution in [0.3, 0.4) is 0 Å². The molecule has 0 radical (unpaired) electrons. The van der Waals surface area contributed by atoms with Crippen molar-refractivity contribution in [3.05, 3.63) is 205 Å². The summed E-state index contributed by atoms with van der Waals surface area (Å²) >= 11 is 0. The van der Waals surface area contributed by atoms with E-state index in [9.17, 15) is 0 Å². The molecule has 4 nitrogen and oxygen atoms in total. The zero-order valence-electron chi connectivity index (χ0n) is 37.8. The molecular formula is C60H50BN3O. The first-order chi connectivity index (χ1) is 31.5. The number of hydrogen-bond donors (Lipinski definition) is 0. The zero-order chi connectivity index (χ0) is 44.2.